The Kier molecular flexibility index (Phi) is 6.38. The van der Waals surface area contributed by atoms with E-state index in [0.29, 0.717) is 6.54 Å². The number of carbonyl (C=O) groups excluding carboxylic acids is 1. The van der Waals surface area contributed by atoms with E-state index in [0.717, 1.165) is 28.9 Å². The van der Waals surface area contributed by atoms with Crippen molar-refractivity contribution in [3.05, 3.63) is 54.1 Å². The van der Waals surface area contributed by atoms with Gasteiger partial charge in [0.15, 0.2) is 0 Å². The van der Waals surface area contributed by atoms with Gasteiger partial charge in [0.05, 0.1) is 13.2 Å². The first-order valence-electron chi connectivity index (χ1n) is 8.31. The molecule has 1 amide bonds. The van der Waals surface area contributed by atoms with Crippen molar-refractivity contribution in [1.29, 1.82) is 0 Å². The lowest BCUT2D eigenvalue weighted by Gasteiger charge is -2.17. The molecule has 0 aromatic heterocycles. The molecule has 24 heavy (non-hydrogen) atoms. The molecule has 0 saturated carbocycles. The topological polar surface area (TPSA) is 64.4 Å². The monoisotopic (exact) mass is 326 g/mol. The van der Waals surface area contributed by atoms with Crippen LogP contribution in [0.25, 0.3) is 11.1 Å². The fourth-order valence-corrected chi connectivity index (χ4v) is 2.44. The summed E-state index contributed by atoms with van der Waals surface area (Å²) in [5.74, 6) is 0.921. The van der Waals surface area contributed by atoms with E-state index in [4.69, 9.17) is 10.5 Å². The molecule has 0 aliphatic rings. The third-order valence-electron chi connectivity index (χ3n) is 4.38. The first-order valence-corrected chi connectivity index (χ1v) is 8.31. The molecule has 2 atom stereocenters. The first-order chi connectivity index (χ1) is 11.5. The largest absolute Gasteiger partial charge is 0.497 e. The summed E-state index contributed by atoms with van der Waals surface area (Å²) in [6, 6.07) is 15.6. The molecule has 0 heterocycles. The normalized spacial score (nSPS) is 13.2. The molecule has 128 valence electrons. The van der Waals surface area contributed by atoms with Crippen LogP contribution in [-0.4, -0.2) is 19.1 Å². The minimum absolute atomic E-state index is 0.0961. The van der Waals surface area contributed by atoms with Gasteiger partial charge in [-0.25, -0.2) is 0 Å². The van der Waals surface area contributed by atoms with E-state index in [-0.39, 0.29) is 11.8 Å². The number of nitrogens with one attached hydrogen (secondary N) is 1. The van der Waals surface area contributed by atoms with Crippen LogP contribution in [0, 0.1) is 5.92 Å². The lowest BCUT2D eigenvalue weighted by Crippen LogP contribution is -2.44. The van der Waals surface area contributed by atoms with E-state index in [1.165, 1.54) is 0 Å². The maximum atomic E-state index is 12.0. The Morgan fingerprint density at radius 2 is 1.88 bits per heavy atom. The second kappa shape index (κ2) is 8.50. The molecular weight excluding hydrogens is 300 g/mol. The molecular formula is C20H26N2O2. The van der Waals surface area contributed by atoms with Gasteiger partial charge in [-0.2, -0.15) is 0 Å². The van der Waals surface area contributed by atoms with Crippen molar-refractivity contribution < 1.29 is 9.53 Å². The predicted octanol–water partition coefficient (Wildman–Crippen LogP) is 3.35. The van der Waals surface area contributed by atoms with Gasteiger partial charge in [-0.3, -0.25) is 4.79 Å². The number of ether oxygens (including phenoxy) is 1. The molecule has 0 spiro atoms. The highest BCUT2D eigenvalue weighted by atomic mass is 16.5. The predicted molar refractivity (Wildman–Crippen MR) is 97.7 cm³/mol. The Morgan fingerprint density at radius 1 is 1.17 bits per heavy atom. The fraction of sp³-hybridized carbons (Fsp3) is 0.350. The van der Waals surface area contributed by atoms with Crippen molar-refractivity contribution in [3.63, 3.8) is 0 Å². The summed E-state index contributed by atoms with van der Waals surface area (Å²) >= 11 is 0. The van der Waals surface area contributed by atoms with Crippen molar-refractivity contribution in [1.82, 2.24) is 5.32 Å². The van der Waals surface area contributed by atoms with E-state index < -0.39 is 6.04 Å². The number of hydrogen-bond donors (Lipinski definition) is 2. The summed E-state index contributed by atoms with van der Waals surface area (Å²) in [6.07, 6.45) is 0.893. The molecule has 0 aliphatic heterocycles. The zero-order valence-electron chi connectivity index (χ0n) is 14.6. The van der Waals surface area contributed by atoms with Gasteiger partial charge in [0.1, 0.15) is 5.75 Å². The summed E-state index contributed by atoms with van der Waals surface area (Å²) in [5.41, 5.74) is 9.20. The maximum absolute atomic E-state index is 12.0. The molecule has 4 nitrogen and oxygen atoms in total. The van der Waals surface area contributed by atoms with E-state index in [1.54, 1.807) is 7.11 Å². The minimum atomic E-state index is -0.453. The summed E-state index contributed by atoms with van der Waals surface area (Å²) in [6.45, 7) is 4.52. The highest BCUT2D eigenvalue weighted by Gasteiger charge is 2.18. The van der Waals surface area contributed by atoms with Gasteiger partial charge in [-0.05, 0) is 34.7 Å². The van der Waals surface area contributed by atoms with Gasteiger partial charge in [0, 0.05) is 6.54 Å². The molecule has 0 fully saturated rings. The number of methoxy groups -OCH3 is 1. The Labute approximate surface area is 144 Å². The zero-order chi connectivity index (χ0) is 17.5. The van der Waals surface area contributed by atoms with Crippen LogP contribution in [-0.2, 0) is 11.3 Å². The van der Waals surface area contributed by atoms with E-state index in [9.17, 15) is 4.79 Å². The van der Waals surface area contributed by atoms with Gasteiger partial charge >= 0.3 is 0 Å². The lowest BCUT2D eigenvalue weighted by atomic mass is 9.99. The SMILES string of the molecule is CCC(C)C(N)C(=O)NCc1ccc(-c2cccc(OC)c2)cc1. The summed E-state index contributed by atoms with van der Waals surface area (Å²) in [7, 11) is 1.66. The molecule has 4 heteroatoms. The smallest absolute Gasteiger partial charge is 0.237 e. The number of amides is 1. The quantitative estimate of drug-likeness (QED) is 0.820. The van der Waals surface area contributed by atoms with Crippen LogP contribution < -0.4 is 15.8 Å². The summed E-state index contributed by atoms with van der Waals surface area (Å²) < 4.78 is 5.26. The number of nitrogens with two attached hydrogens (primary N) is 1. The molecule has 3 N–H and O–H groups in total. The van der Waals surface area contributed by atoms with Crippen molar-refractivity contribution in [2.45, 2.75) is 32.9 Å². The van der Waals surface area contributed by atoms with Gasteiger partial charge in [0.2, 0.25) is 5.91 Å². The molecule has 2 rings (SSSR count). The molecule has 2 aromatic rings. The van der Waals surface area contributed by atoms with Crippen LogP contribution in [0.2, 0.25) is 0 Å². The Balaban J connectivity index is 1.98. The molecule has 0 radical (unpaired) electrons. The highest BCUT2D eigenvalue weighted by Crippen LogP contribution is 2.24. The van der Waals surface area contributed by atoms with Gasteiger partial charge < -0.3 is 15.8 Å². The number of benzene rings is 2. The summed E-state index contributed by atoms with van der Waals surface area (Å²) in [5, 5.41) is 2.91. The van der Waals surface area contributed by atoms with Gasteiger partial charge in [-0.1, -0.05) is 56.7 Å². The van der Waals surface area contributed by atoms with Crippen molar-refractivity contribution in [2.24, 2.45) is 11.7 Å². The van der Waals surface area contributed by atoms with E-state index in [1.807, 2.05) is 62.4 Å². The van der Waals surface area contributed by atoms with E-state index >= 15 is 0 Å². The third-order valence-corrected chi connectivity index (χ3v) is 4.38. The second-order valence-electron chi connectivity index (χ2n) is 6.06. The Bertz CT molecular complexity index is 668. The van der Waals surface area contributed by atoms with Gasteiger partial charge in [0.25, 0.3) is 0 Å². The van der Waals surface area contributed by atoms with Crippen LogP contribution >= 0.6 is 0 Å². The van der Waals surface area contributed by atoms with Crippen LogP contribution in [0.4, 0.5) is 0 Å². The van der Waals surface area contributed by atoms with Crippen molar-refractivity contribution in [3.8, 4) is 16.9 Å². The minimum Gasteiger partial charge on any atom is -0.497 e. The third kappa shape index (κ3) is 4.59. The average molecular weight is 326 g/mol. The highest BCUT2D eigenvalue weighted by molar-refractivity contribution is 5.81. The van der Waals surface area contributed by atoms with Gasteiger partial charge in [-0.15, -0.1) is 0 Å². The first kappa shape index (κ1) is 18.0. The standard InChI is InChI=1S/C20H26N2O2/c1-4-14(2)19(21)20(23)22-13-15-8-10-16(11-9-15)17-6-5-7-18(12-17)24-3/h5-12,14,19H,4,13,21H2,1-3H3,(H,22,23). The van der Waals surface area contributed by atoms with Crippen molar-refractivity contribution >= 4 is 5.91 Å². The number of hydrogen-bond acceptors (Lipinski definition) is 3. The van der Waals surface area contributed by atoms with Crippen LogP contribution in [0.5, 0.6) is 5.75 Å². The number of carbonyl (C=O) groups is 1. The number of rotatable bonds is 7. The molecule has 2 unspecified atom stereocenters. The molecule has 2 aromatic carbocycles. The van der Waals surface area contributed by atoms with Crippen LogP contribution in [0.1, 0.15) is 25.8 Å². The Morgan fingerprint density at radius 3 is 2.50 bits per heavy atom. The average Bonchev–Trinajstić information content (AvgIpc) is 2.65. The van der Waals surface area contributed by atoms with E-state index in [2.05, 4.69) is 5.32 Å². The summed E-state index contributed by atoms with van der Waals surface area (Å²) in [4.78, 5) is 12.0. The van der Waals surface area contributed by atoms with Crippen LogP contribution in [0.3, 0.4) is 0 Å². The fourth-order valence-electron chi connectivity index (χ4n) is 2.44. The maximum Gasteiger partial charge on any atom is 0.237 e. The van der Waals surface area contributed by atoms with Crippen molar-refractivity contribution in [2.75, 3.05) is 7.11 Å². The molecule has 0 aliphatic carbocycles. The molecule has 0 bridgehead atoms. The lowest BCUT2D eigenvalue weighted by molar-refractivity contribution is -0.123. The Hall–Kier alpha value is -2.33. The second-order valence-corrected chi connectivity index (χ2v) is 6.06. The van der Waals surface area contributed by atoms with Crippen LogP contribution in [0.15, 0.2) is 48.5 Å². The molecule has 0 saturated heterocycles. The zero-order valence-corrected chi connectivity index (χ0v) is 14.6.